The summed E-state index contributed by atoms with van der Waals surface area (Å²) in [7, 11) is 1.73. The van der Waals surface area contributed by atoms with Crippen molar-refractivity contribution in [3.05, 3.63) is 71.8 Å². The largest absolute Gasteiger partial charge is 0.460 e. The maximum absolute atomic E-state index is 12.2. The summed E-state index contributed by atoms with van der Waals surface area (Å²) in [5.74, 6) is -0.308. The zero-order valence-electron chi connectivity index (χ0n) is 13.6. The fourth-order valence-electron chi connectivity index (χ4n) is 2.26. The molecule has 122 valence electrons. The highest BCUT2D eigenvalue weighted by molar-refractivity contribution is 5.76. The van der Waals surface area contributed by atoms with Crippen LogP contribution in [0.1, 0.15) is 18.1 Å². The van der Waals surface area contributed by atoms with Crippen molar-refractivity contribution in [1.82, 2.24) is 5.32 Å². The smallest absolute Gasteiger partial charge is 0.326 e. The van der Waals surface area contributed by atoms with E-state index in [1.807, 2.05) is 67.6 Å². The minimum Gasteiger partial charge on any atom is -0.460 e. The third kappa shape index (κ3) is 5.51. The van der Waals surface area contributed by atoms with Gasteiger partial charge in [0.15, 0.2) is 0 Å². The van der Waals surface area contributed by atoms with Gasteiger partial charge in [0.1, 0.15) is 12.6 Å². The number of ether oxygens (including phenoxy) is 2. The van der Waals surface area contributed by atoms with Gasteiger partial charge in [-0.25, -0.2) is 0 Å². The number of nitrogens with one attached hydrogen (secondary N) is 1. The van der Waals surface area contributed by atoms with Crippen molar-refractivity contribution < 1.29 is 14.3 Å². The zero-order valence-corrected chi connectivity index (χ0v) is 13.6. The maximum Gasteiger partial charge on any atom is 0.326 e. The standard InChI is InChI=1S/C19H23NO3/c1-15(22-13-16-9-5-3-6-10-16)18(20-2)19(21)23-14-17-11-7-4-8-12-17/h3-12,15,18,20H,13-14H2,1-2H3. The van der Waals surface area contributed by atoms with Gasteiger partial charge >= 0.3 is 5.97 Å². The molecule has 0 radical (unpaired) electrons. The summed E-state index contributed by atoms with van der Waals surface area (Å²) in [4.78, 5) is 12.2. The molecule has 4 heteroatoms. The Morgan fingerprint density at radius 3 is 2.00 bits per heavy atom. The van der Waals surface area contributed by atoms with Crippen molar-refractivity contribution in [3.8, 4) is 0 Å². The second kappa shape index (κ2) is 9.08. The molecule has 0 aromatic heterocycles. The van der Waals surface area contributed by atoms with Crippen LogP contribution in [0.15, 0.2) is 60.7 Å². The molecule has 0 fully saturated rings. The molecular formula is C19H23NO3. The Hall–Kier alpha value is -2.17. The van der Waals surface area contributed by atoms with Crippen LogP contribution in [0, 0.1) is 0 Å². The number of hydrogen-bond donors (Lipinski definition) is 1. The molecule has 0 saturated carbocycles. The topological polar surface area (TPSA) is 47.6 Å². The summed E-state index contributed by atoms with van der Waals surface area (Å²) in [5, 5.41) is 2.97. The van der Waals surface area contributed by atoms with Crippen LogP contribution in [0.4, 0.5) is 0 Å². The van der Waals surface area contributed by atoms with E-state index < -0.39 is 6.04 Å². The molecule has 2 unspecified atom stereocenters. The lowest BCUT2D eigenvalue weighted by molar-refractivity contribution is -0.151. The lowest BCUT2D eigenvalue weighted by Gasteiger charge is -2.22. The van der Waals surface area contributed by atoms with Gasteiger partial charge in [-0.2, -0.15) is 0 Å². The first-order valence-electron chi connectivity index (χ1n) is 7.74. The fourth-order valence-corrected chi connectivity index (χ4v) is 2.26. The number of esters is 1. The quantitative estimate of drug-likeness (QED) is 0.761. The number of rotatable bonds is 8. The van der Waals surface area contributed by atoms with Crippen molar-refractivity contribution in [3.63, 3.8) is 0 Å². The molecule has 2 rings (SSSR count). The van der Waals surface area contributed by atoms with Gasteiger partial charge in [0, 0.05) is 0 Å². The van der Waals surface area contributed by atoms with E-state index in [0.29, 0.717) is 6.61 Å². The summed E-state index contributed by atoms with van der Waals surface area (Å²) in [5.41, 5.74) is 2.04. The molecule has 0 heterocycles. The van der Waals surface area contributed by atoms with E-state index in [4.69, 9.17) is 9.47 Å². The van der Waals surface area contributed by atoms with Crippen LogP contribution in [0.2, 0.25) is 0 Å². The predicted molar refractivity (Wildman–Crippen MR) is 89.8 cm³/mol. The van der Waals surface area contributed by atoms with Gasteiger partial charge in [-0.15, -0.1) is 0 Å². The van der Waals surface area contributed by atoms with Crippen LogP contribution in [-0.2, 0) is 27.5 Å². The van der Waals surface area contributed by atoms with Crippen LogP contribution in [-0.4, -0.2) is 25.2 Å². The Morgan fingerprint density at radius 1 is 0.957 bits per heavy atom. The van der Waals surface area contributed by atoms with E-state index in [0.717, 1.165) is 11.1 Å². The summed E-state index contributed by atoms with van der Waals surface area (Å²) in [6.07, 6.45) is -0.288. The second-order valence-electron chi connectivity index (χ2n) is 5.36. The number of likely N-dealkylation sites (N-methyl/N-ethyl adjacent to an activating group) is 1. The predicted octanol–water partition coefficient (Wildman–Crippen LogP) is 2.92. The average Bonchev–Trinajstić information content (AvgIpc) is 2.60. The third-order valence-corrected chi connectivity index (χ3v) is 3.61. The second-order valence-corrected chi connectivity index (χ2v) is 5.36. The highest BCUT2D eigenvalue weighted by Crippen LogP contribution is 2.09. The molecule has 4 nitrogen and oxygen atoms in total. The lowest BCUT2D eigenvalue weighted by Crippen LogP contribution is -2.45. The summed E-state index contributed by atoms with van der Waals surface area (Å²) in [6, 6.07) is 19.0. The van der Waals surface area contributed by atoms with Gasteiger partial charge in [-0.05, 0) is 25.1 Å². The van der Waals surface area contributed by atoms with Gasteiger partial charge in [-0.3, -0.25) is 4.79 Å². The van der Waals surface area contributed by atoms with Crippen LogP contribution >= 0.6 is 0 Å². The first-order chi connectivity index (χ1) is 11.2. The monoisotopic (exact) mass is 313 g/mol. The highest BCUT2D eigenvalue weighted by atomic mass is 16.5. The molecule has 0 saturated heterocycles. The van der Waals surface area contributed by atoms with E-state index in [2.05, 4.69) is 5.32 Å². The highest BCUT2D eigenvalue weighted by Gasteiger charge is 2.25. The average molecular weight is 313 g/mol. The fraction of sp³-hybridized carbons (Fsp3) is 0.316. The van der Waals surface area contributed by atoms with Crippen molar-refractivity contribution in [2.24, 2.45) is 0 Å². The Balaban J connectivity index is 1.83. The van der Waals surface area contributed by atoms with Gasteiger partial charge in [0.2, 0.25) is 0 Å². The van der Waals surface area contributed by atoms with Crippen molar-refractivity contribution in [2.45, 2.75) is 32.3 Å². The molecule has 23 heavy (non-hydrogen) atoms. The SMILES string of the molecule is CNC(C(=O)OCc1ccccc1)C(C)OCc1ccccc1. The van der Waals surface area contributed by atoms with Crippen LogP contribution in [0.3, 0.4) is 0 Å². The van der Waals surface area contributed by atoms with Crippen molar-refractivity contribution >= 4 is 5.97 Å². The zero-order chi connectivity index (χ0) is 16.5. The Bertz CT molecular complexity index is 586. The van der Waals surface area contributed by atoms with E-state index in [9.17, 15) is 4.79 Å². The summed E-state index contributed by atoms with van der Waals surface area (Å²) >= 11 is 0. The first-order valence-corrected chi connectivity index (χ1v) is 7.74. The summed E-state index contributed by atoms with van der Waals surface area (Å²) in [6.45, 7) is 2.60. The molecule has 0 bridgehead atoms. The minimum absolute atomic E-state index is 0.267. The Kier molecular flexibility index (Phi) is 6.78. The number of carbonyl (C=O) groups excluding carboxylic acids is 1. The normalized spacial score (nSPS) is 13.3. The molecule has 0 spiro atoms. The van der Waals surface area contributed by atoms with Gasteiger partial charge in [0.25, 0.3) is 0 Å². The van der Waals surface area contributed by atoms with Crippen LogP contribution < -0.4 is 5.32 Å². The molecule has 2 atom stereocenters. The summed E-state index contributed by atoms with van der Waals surface area (Å²) < 4.78 is 11.2. The van der Waals surface area contributed by atoms with Crippen LogP contribution in [0.25, 0.3) is 0 Å². The van der Waals surface area contributed by atoms with Gasteiger partial charge in [0.05, 0.1) is 12.7 Å². The van der Waals surface area contributed by atoms with E-state index >= 15 is 0 Å². The number of carbonyl (C=O) groups is 1. The van der Waals surface area contributed by atoms with E-state index in [-0.39, 0.29) is 18.7 Å². The molecule has 2 aromatic carbocycles. The molecule has 0 aliphatic carbocycles. The molecule has 0 aliphatic rings. The third-order valence-electron chi connectivity index (χ3n) is 3.61. The molecule has 1 N–H and O–H groups in total. The Labute approximate surface area is 137 Å². The molecule has 2 aromatic rings. The lowest BCUT2D eigenvalue weighted by atomic mass is 10.1. The minimum atomic E-state index is -0.498. The number of hydrogen-bond acceptors (Lipinski definition) is 4. The van der Waals surface area contributed by atoms with E-state index in [1.165, 1.54) is 0 Å². The maximum atomic E-state index is 12.2. The van der Waals surface area contributed by atoms with Gasteiger partial charge < -0.3 is 14.8 Å². The van der Waals surface area contributed by atoms with Crippen molar-refractivity contribution in [1.29, 1.82) is 0 Å². The van der Waals surface area contributed by atoms with Gasteiger partial charge in [-0.1, -0.05) is 60.7 Å². The Morgan fingerprint density at radius 2 is 1.48 bits per heavy atom. The first kappa shape index (κ1) is 17.2. The van der Waals surface area contributed by atoms with E-state index in [1.54, 1.807) is 7.05 Å². The van der Waals surface area contributed by atoms with Crippen LogP contribution in [0.5, 0.6) is 0 Å². The van der Waals surface area contributed by atoms with Crippen molar-refractivity contribution in [2.75, 3.05) is 7.05 Å². The molecule has 0 amide bonds. The molecule has 0 aliphatic heterocycles. The molecular weight excluding hydrogens is 290 g/mol. The number of benzene rings is 2.